The number of benzene rings is 2. The molecule has 0 bridgehead atoms. The van der Waals surface area contributed by atoms with Crippen LogP contribution in [0.15, 0.2) is 53.4 Å². The molecule has 1 atom stereocenters. The predicted molar refractivity (Wildman–Crippen MR) is 137 cm³/mol. The molecule has 11 heteroatoms. The number of sulfonamides is 1. The molecule has 0 aliphatic carbocycles. The van der Waals surface area contributed by atoms with Crippen LogP contribution in [-0.4, -0.2) is 50.8 Å². The third kappa shape index (κ3) is 10.6. The average Bonchev–Trinajstić information content (AvgIpc) is 2.84. The van der Waals surface area contributed by atoms with Crippen molar-refractivity contribution in [3.05, 3.63) is 54.1 Å². The maximum atomic E-state index is 13.3. The quantitative estimate of drug-likeness (QED) is 0.167. The monoisotopic (exact) mass is 541 g/mol. The molecule has 37 heavy (non-hydrogen) atoms. The van der Waals surface area contributed by atoms with E-state index in [0.717, 1.165) is 15.6 Å². The Bertz CT molecular complexity index is 1090. The Labute approximate surface area is 242 Å². The molecule has 3 N–H and O–H groups in total. The standard InChI is InChI=1S/C26H37N3O6S.Na/c1-19(2)18-29(36(33,34)23-14-10-21(27)11-15-23)24(26(31)32)6-4-5-17-28-25(30)16-9-20-7-12-22(35-3)13-8-20;/h7-8,10-15,19,24H,4-6,9,16-18,27H2,1-3H3,(H,28,30)(H,31,32);/q;+1/p-1/t24-;/m0./s1. The van der Waals surface area contributed by atoms with Gasteiger partial charge >= 0.3 is 29.6 Å². The van der Waals surface area contributed by atoms with Crippen molar-refractivity contribution >= 4 is 27.6 Å². The van der Waals surface area contributed by atoms with Gasteiger partial charge in [-0.15, -0.1) is 0 Å². The molecule has 198 valence electrons. The fourth-order valence-electron chi connectivity index (χ4n) is 3.74. The van der Waals surface area contributed by atoms with Crippen molar-refractivity contribution in [1.29, 1.82) is 0 Å². The Morgan fingerprint density at radius 3 is 2.22 bits per heavy atom. The van der Waals surface area contributed by atoms with Gasteiger partial charge in [0.1, 0.15) is 5.75 Å². The second-order valence-corrected chi connectivity index (χ2v) is 11.0. The number of hydrogen-bond acceptors (Lipinski definition) is 7. The summed E-state index contributed by atoms with van der Waals surface area (Å²) in [6, 6.07) is 11.9. The second kappa shape index (κ2) is 16.0. The number of nitrogen functional groups attached to an aromatic ring is 1. The van der Waals surface area contributed by atoms with E-state index in [4.69, 9.17) is 10.5 Å². The summed E-state index contributed by atoms with van der Waals surface area (Å²) in [6.45, 7) is 4.04. The van der Waals surface area contributed by atoms with Gasteiger partial charge < -0.3 is 25.7 Å². The summed E-state index contributed by atoms with van der Waals surface area (Å²) >= 11 is 0. The zero-order valence-corrected chi connectivity index (χ0v) is 24.9. The average molecular weight is 542 g/mol. The Kier molecular flexibility index (Phi) is 14.2. The summed E-state index contributed by atoms with van der Waals surface area (Å²) in [5.41, 5.74) is 7.09. The molecule has 0 fully saturated rings. The van der Waals surface area contributed by atoms with E-state index in [1.165, 1.54) is 24.3 Å². The number of methoxy groups -OCH3 is 1. The molecule has 2 aromatic carbocycles. The molecule has 0 saturated heterocycles. The topological polar surface area (TPSA) is 142 Å². The normalized spacial score (nSPS) is 12.1. The number of rotatable bonds is 15. The van der Waals surface area contributed by atoms with Gasteiger partial charge in [0.2, 0.25) is 15.9 Å². The Morgan fingerprint density at radius 2 is 1.68 bits per heavy atom. The molecule has 2 rings (SSSR count). The molecular weight excluding hydrogens is 505 g/mol. The van der Waals surface area contributed by atoms with Crippen molar-refractivity contribution in [3.63, 3.8) is 0 Å². The minimum atomic E-state index is -4.07. The van der Waals surface area contributed by atoms with E-state index < -0.39 is 22.0 Å². The molecule has 0 aromatic heterocycles. The number of nitrogens with two attached hydrogens (primary N) is 1. The van der Waals surface area contributed by atoms with Crippen molar-refractivity contribution < 1.29 is 57.4 Å². The summed E-state index contributed by atoms with van der Waals surface area (Å²) in [4.78, 5) is 24.1. The van der Waals surface area contributed by atoms with E-state index in [-0.39, 0.29) is 59.2 Å². The predicted octanol–water partition coefficient (Wildman–Crippen LogP) is -1.03. The molecule has 0 spiro atoms. The Hall–Kier alpha value is -2.11. The molecule has 0 saturated carbocycles. The number of carboxylic acids is 1. The summed E-state index contributed by atoms with van der Waals surface area (Å²) in [5, 5.41) is 14.8. The summed E-state index contributed by atoms with van der Waals surface area (Å²) in [5.74, 6) is -0.889. The van der Waals surface area contributed by atoms with Gasteiger partial charge in [0.05, 0.1) is 24.0 Å². The van der Waals surface area contributed by atoms with Gasteiger partial charge in [0.25, 0.3) is 0 Å². The van der Waals surface area contributed by atoms with Gasteiger partial charge in [-0.3, -0.25) is 4.79 Å². The second-order valence-electron chi connectivity index (χ2n) is 9.07. The Balaban J connectivity index is 0.00000684. The Morgan fingerprint density at radius 1 is 1.05 bits per heavy atom. The molecule has 2 aromatic rings. The first-order chi connectivity index (χ1) is 17.0. The van der Waals surface area contributed by atoms with Crippen LogP contribution >= 0.6 is 0 Å². The van der Waals surface area contributed by atoms with Crippen molar-refractivity contribution in [2.75, 3.05) is 25.9 Å². The van der Waals surface area contributed by atoms with Gasteiger partial charge in [-0.25, -0.2) is 8.42 Å². The van der Waals surface area contributed by atoms with E-state index in [1.54, 1.807) is 7.11 Å². The fourth-order valence-corrected chi connectivity index (χ4v) is 5.51. The molecular formula is C26H36N3NaO6S. The number of nitrogens with zero attached hydrogens (tertiary/aromatic N) is 1. The number of aryl methyl sites for hydroxylation is 1. The van der Waals surface area contributed by atoms with Crippen LogP contribution in [0.2, 0.25) is 0 Å². The summed E-state index contributed by atoms with van der Waals surface area (Å²) in [6.07, 6.45) is 1.91. The maximum Gasteiger partial charge on any atom is 1.00 e. The van der Waals surface area contributed by atoms with Crippen LogP contribution in [0.4, 0.5) is 5.69 Å². The van der Waals surface area contributed by atoms with Gasteiger partial charge in [-0.05, 0) is 73.6 Å². The van der Waals surface area contributed by atoms with Crippen molar-refractivity contribution in [2.45, 2.75) is 56.9 Å². The maximum absolute atomic E-state index is 13.3. The SMILES string of the molecule is COc1ccc(CCC(=O)NCCCC[C@@H](C(=O)[O-])N(CC(C)C)S(=O)(=O)c2ccc(N)cc2)cc1.[Na+]. The number of ether oxygens (including phenoxy) is 1. The van der Waals surface area contributed by atoms with Crippen molar-refractivity contribution in [3.8, 4) is 5.75 Å². The number of aliphatic carboxylic acids is 1. The fraction of sp³-hybridized carbons (Fsp3) is 0.462. The van der Waals surface area contributed by atoms with Crippen LogP contribution in [0.1, 0.15) is 45.1 Å². The van der Waals surface area contributed by atoms with Crippen LogP contribution in [-0.2, 0) is 26.0 Å². The molecule has 0 radical (unpaired) electrons. The van der Waals surface area contributed by atoms with Gasteiger partial charge in [0.15, 0.2) is 0 Å². The number of anilines is 1. The first-order valence-corrected chi connectivity index (χ1v) is 13.5. The number of carbonyl (C=O) groups is 2. The third-order valence-electron chi connectivity index (χ3n) is 5.68. The van der Waals surface area contributed by atoms with Gasteiger partial charge in [-0.2, -0.15) is 4.31 Å². The van der Waals surface area contributed by atoms with E-state index in [1.807, 2.05) is 38.1 Å². The van der Waals surface area contributed by atoms with Crippen LogP contribution in [0.25, 0.3) is 0 Å². The van der Waals surface area contributed by atoms with Crippen molar-refractivity contribution in [2.24, 2.45) is 5.92 Å². The first kappa shape index (κ1) is 32.9. The van der Waals surface area contributed by atoms with Gasteiger partial charge in [0, 0.05) is 25.2 Å². The number of unbranched alkanes of at least 4 members (excludes halogenated alkanes) is 1. The minimum Gasteiger partial charge on any atom is -0.548 e. The minimum absolute atomic E-state index is 0. The third-order valence-corrected chi connectivity index (χ3v) is 7.57. The molecule has 0 unspecified atom stereocenters. The van der Waals surface area contributed by atoms with Crippen LogP contribution in [0.3, 0.4) is 0 Å². The molecule has 0 aliphatic heterocycles. The van der Waals surface area contributed by atoms with Crippen LogP contribution in [0, 0.1) is 5.92 Å². The number of amides is 1. The van der Waals surface area contributed by atoms with Crippen LogP contribution in [0.5, 0.6) is 5.75 Å². The number of carboxylic acid groups (broad SMARTS) is 1. The largest absolute Gasteiger partial charge is 1.00 e. The summed E-state index contributed by atoms with van der Waals surface area (Å²) in [7, 11) is -2.48. The van der Waals surface area contributed by atoms with E-state index >= 15 is 0 Å². The number of hydrogen-bond donors (Lipinski definition) is 2. The van der Waals surface area contributed by atoms with E-state index in [2.05, 4.69) is 5.32 Å². The van der Waals surface area contributed by atoms with E-state index in [9.17, 15) is 23.1 Å². The zero-order valence-electron chi connectivity index (χ0n) is 22.1. The number of carbonyl (C=O) groups excluding carboxylic acids is 2. The smallest absolute Gasteiger partial charge is 0.548 e. The molecule has 1 amide bonds. The molecule has 0 heterocycles. The molecule has 9 nitrogen and oxygen atoms in total. The number of nitrogens with one attached hydrogen (secondary N) is 1. The van der Waals surface area contributed by atoms with E-state index in [0.29, 0.717) is 37.9 Å². The zero-order chi connectivity index (χ0) is 26.7. The van der Waals surface area contributed by atoms with Crippen LogP contribution < -0.4 is 50.5 Å². The van der Waals surface area contributed by atoms with Crippen molar-refractivity contribution in [1.82, 2.24) is 9.62 Å². The first-order valence-electron chi connectivity index (χ1n) is 12.0. The summed E-state index contributed by atoms with van der Waals surface area (Å²) < 4.78 is 32.6. The molecule has 0 aliphatic rings. The van der Waals surface area contributed by atoms with Gasteiger partial charge in [-0.1, -0.05) is 26.0 Å².